The molecule has 0 unspecified atom stereocenters. The molecule has 0 aliphatic carbocycles. The molecule has 170 valence electrons. The Labute approximate surface area is 185 Å². The van der Waals surface area contributed by atoms with Gasteiger partial charge in [0.05, 0.1) is 11.5 Å². The van der Waals surface area contributed by atoms with Crippen molar-refractivity contribution in [3.05, 3.63) is 65.7 Å². The number of unbranched alkanes of at least 4 members (excludes halogenated alkanes) is 5. The van der Waals surface area contributed by atoms with Crippen molar-refractivity contribution in [1.82, 2.24) is 4.72 Å². The zero-order valence-corrected chi connectivity index (χ0v) is 19.1. The van der Waals surface area contributed by atoms with Gasteiger partial charge in [-0.15, -0.1) is 0 Å². The Morgan fingerprint density at radius 2 is 1.58 bits per heavy atom. The van der Waals surface area contributed by atoms with Crippen molar-refractivity contribution in [1.29, 1.82) is 0 Å². The zero-order chi connectivity index (χ0) is 22.7. The molecule has 0 radical (unpaired) electrons. The third-order valence-electron chi connectivity index (χ3n) is 5.07. The summed E-state index contributed by atoms with van der Waals surface area (Å²) in [4.78, 5) is 12.8. The van der Waals surface area contributed by atoms with Crippen LogP contribution >= 0.6 is 0 Å². The number of aliphatic hydroxyl groups is 1. The zero-order valence-electron chi connectivity index (χ0n) is 18.3. The van der Waals surface area contributed by atoms with Crippen LogP contribution in [0.25, 0.3) is 0 Å². The fraction of sp³-hybridized carbons (Fsp3) is 0.458. The number of benzene rings is 2. The lowest BCUT2D eigenvalue weighted by Crippen LogP contribution is -2.46. The number of carbonyl (C=O) groups excluding carboxylic acids is 1. The molecule has 2 N–H and O–H groups in total. The molecule has 7 heteroatoms. The van der Waals surface area contributed by atoms with E-state index in [0.717, 1.165) is 31.2 Å². The number of hydrogen-bond donors (Lipinski definition) is 2. The van der Waals surface area contributed by atoms with Crippen molar-refractivity contribution in [3.63, 3.8) is 0 Å². The Balaban J connectivity index is 2.09. The lowest BCUT2D eigenvalue weighted by molar-refractivity contribution is -0.148. The molecule has 0 fully saturated rings. The van der Waals surface area contributed by atoms with E-state index in [1.807, 2.05) is 6.92 Å². The second kappa shape index (κ2) is 12.6. The van der Waals surface area contributed by atoms with Crippen LogP contribution in [0.15, 0.2) is 59.5 Å². The van der Waals surface area contributed by atoms with Gasteiger partial charge in [-0.25, -0.2) is 8.42 Å². The Kier molecular flexibility index (Phi) is 10.2. The summed E-state index contributed by atoms with van der Waals surface area (Å²) in [6, 6.07) is 13.3. The molecule has 0 aliphatic rings. The van der Waals surface area contributed by atoms with Crippen molar-refractivity contribution in [2.75, 3.05) is 6.61 Å². The van der Waals surface area contributed by atoms with E-state index in [1.54, 1.807) is 42.5 Å². The van der Waals surface area contributed by atoms with Gasteiger partial charge in [-0.05, 0) is 31.0 Å². The Morgan fingerprint density at radius 3 is 2.23 bits per heavy atom. The molecule has 0 amide bonds. The summed E-state index contributed by atoms with van der Waals surface area (Å²) in [5.41, 5.74) is 1.34. The van der Waals surface area contributed by atoms with Gasteiger partial charge in [-0.3, -0.25) is 4.79 Å². The maximum absolute atomic E-state index is 12.8. The van der Waals surface area contributed by atoms with Gasteiger partial charge in [0.15, 0.2) is 0 Å². The Hall–Kier alpha value is -2.22. The lowest BCUT2D eigenvalue weighted by Gasteiger charge is -2.23. The standard InChI is InChI=1S/C24H33NO5S/c1-3-4-5-6-7-11-18-30-24(27)22(23(26)20-12-9-8-10-13-20)25-31(28,29)21-16-14-19(2)15-17-21/h8-10,12-17,22-23,25-26H,3-7,11,18H2,1-2H3/t22-,23-/m1/s1. The molecule has 0 aromatic heterocycles. The molecule has 6 nitrogen and oxygen atoms in total. The number of hydrogen-bond acceptors (Lipinski definition) is 5. The molecule has 0 bridgehead atoms. The van der Waals surface area contributed by atoms with E-state index in [0.29, 0.717) is 12.0 Å². The van der Waals surface area contributed by atoms with Crippen molar-refractivity contribution in [2.45, 2.75) is 69.4 Å². The molecule has 2 atom stereocenters. The van der Waals surface area contributed by atoms with Crippen LogP contribution in [0.3, 0.4) is 0 Å². The van der Waals surface area contributed by atoms with E-state index >= 15 is 0 Å². The average molecular weight is 448 g/mol. The molecular weight excluding hydrogens is 414 g/mol. The topological polar surface area (TPSA) is 92.7 Å². The predicted molar refractivity (Wildman–Crippen MR) is 121 cm³/mol. The summed E-state index contributed by atoms with van der Waals surface area (Å²) in [7, 11) is -4.03. The second-order valence-corrected chi connectivity index (χ2v) is 9.42. The molecule has 0 spiro atoms. The smallest absolute Gasteiger partial charge is 0.327 e. The van der Waals surface area contributed by atoms with Gasteiger partial charge >= 0.3 is 5.97 Å². The van der Waals surface area contributed by atoms with Crippen LogP contribution in [0.5, 0.6) is 0 Å². The molecule has 0 heterocycles. The first-order valence-corrected chi connectivity index (χ1v) is 12.3. The number of rotatable bonds is 13. The molecule has 0 saturated carbocycles. The Bertz CT molecular complexity index is 897. The summed E-state index contributed by atoms with van der Waals surface area (Å²) < 4.78 is 33.4. The van der Waals surface area contributed by atoms with Gasteiger partial charge in [-0.2, -0.15) is 4.72 Å². The van der Waals surface area contributed by atoms with Gasteiger partial charge in [-0.1, -0.05) is 87.1 Å². The minimum absolute atomic E-state index is 0.0204. The monoisotopic (exact) mass is 447 g/mol. The lowest BCUT2D eigenvalue weighted by atomic mass is 10.0. The summed E-state index contributed by atoms with van der Waals surface area (Å²) in [6.45, 7) is 4.19. The van der Waals surface area contributed by atoms with Crippen molar-refractivity contribution >= 4 is 16.0 Å². The highest BCUT2D eigenvalue weighted by molar-refractivity contribution is 7.89. The van der Waals surface area contributed by atoms with Crippen molar-refractivity contribution < 1.29 is 23.1 Å². The first kappa shape index (κ1) is 25.0. The van der Waals surface area contributed by atoms with Crippen LogP contribution in [-0.2, 0) is 19.6 Å². The second-order valence-electron chi connectivity index (χ2n) is 7.70. The van der Waals surface area contributed by atoms with Gasteiger partial charge in [0.1, 0.15) is 12.1 Å². The van der Waals surface area contributed by atoms with E-state index in [1.165, 1.54) is 18.6 Å². The number of ether oxygens (including phenoxy) is 1. The van der Waals surface area contributed by atoms with Crippen molar-refractivity contribution in [2.24, 2.45) is 0 Å². The van der Waals surface area contributed by atoms with E-state index in [9.17, 15) is 18.3 Å². The summed E-state index contributed by atoms with van der Waals surface area (Å²) in [6.07, 6.45) is 4.83. The molecule has 31 heavy (non-hydrogen) atoms. The van der Waals surface area contributed by atoms with Crippen LogP contribution in [0, 0.1) is 6.92 Å². The summed E-state index contributed by atoms with van der Waals surface area (Å²) >= 11 is 0. The number of aliphatic hydroxyl groups excluding tert-OH is 1. The van der Waals surface area contributed by atoms with E-state index in [-0.39, 0.29) is 11.5 Å². The minimum atomic E-state index is -4.03. The quantitative estimate of drug-likeness (QED) is 0.353. The number of sulfonamides is 1. The van der Waals surface area contributed by atoms with Gasteiger partial charge < -0.3 is 9.84 Å². The van der Waals surface area contributed by atoms with Crippen LogP contribution in [0.1, 0.15) is 62.7 Å². The van der Waals surface area contributed by atoms with Gasteiger partial charge in [0.2, 0.25) is 10.0 Å². The fourth-order valence-electron chi connectivity index (χ4n) is 3.18. The SMILES string of the molecule is CCCCCCCCOC(=O)[C@H](NS(=O)(=O)c1ccc(C)cc1)[C@H](O)c1ccccc1. The van der Waals surface area contributed by atoms with Crippen LogP contribution in [0.2, 0.25) is 0 Å². The van der Waals surface area contributed by atoms with Crippen molar-refractivity contribution in [3.8, 4) is 0 Å². The van der Waals surface area contributed by atoms with E-state index in [2.05, 4.69) is 11.6 Å². The third-order valence-corrected chi connectivity index (χ3v) is 6.52. The first-order valence-electron chi connectivity index (χ1n) is 10.8. The molecule has 0 saturated heterocycles. The van der Waals surface area contributed by atoms with Gasteiger partial charge in [0.25, 0.3) is 0 Å². The molecular formula is C24H33NO5S. The van der Waals surface area contributed by atoms with Gasteiger partial charge in [0, 0.05) is 0 Å². The highest BCUT2D eigenvalue weighted by Gasteiger charge is 2.34. The highest BCUT2D eigenvalue weighted by atomic mass is 32.2. The molecule has 0 aliphatic heterocycles. The molecule has 2 aromatic rings. The maximum atomic E-state index is 12.8. The molecule has 2 rings (SSSR count). The third kappa shape index (κ3) is 8.09. The maximum Gasteiger partial charge on any atom is 0.327 e. The largest absolute Gasteiger partial charge is 0.464 e. The number of aryl methyl sites for hydroxylation is 1. The average Bonchev–Trinajstić information content (AvgIpc) is 2.77. The number of carbonyl (C=O) groups is 1. The summed E-state index contributed by atoms with van der Waals surface area (Å²) in [5, 5.41) is 10.8. The minimum Gasteiger partial charge on any atom is -0.464 e. The summed E-state index contributed by atoms with van der Waals surface area (Å²) in [5.74, 6) is -0.791. The highest BCUT2D eigenvalue weighted by Crippen LogP contribution is 2.20. The first-order chi connectivity index (χ1) is 14.8. The predicted octanol–water partition coefficient (Wildman–Crippen LogP) is 4.28. The number of esters is 1. The fourth-order valence-corrected chi connectivity index (χ4v) is 4.37. The van der Waals surface area contributed by atoms with Crippen LogP contribution < -0.4 is 4.72 Å². The molecule has 2 aromatic carbocycles. The number of nitrogens with one attached hydrogen (secondary N) is 1. The van der Waals surface area contributed by atoms with E-state index in [4.69, 9.17) is 4.74 Å². The normalized spacial score (nSPS) is 13.5. The van der Waals surface area contributed by atoms with Crippen LogP contribution in [-0.4, -0.2) is 32.1 Å². The van der Waals surface area contributed by atoms with E-state index < -0.39 is 28.1 Å². The Morgan fingerprint density at radius 1 is 0.968 bits per heavy atom. The van der Waals surface area contributed by atoms with Crippen LogP contribution in [0.4, 0.5) is 0 Å².